The number of sulfonamides is 1. The highest BCUT2D eigenvalue weighted by molar-refractivity contribution is 7.99. The van der Waals surface area contributed by atoms with Gasteiger partial charge in [-0.2, -0.15) is 11.8 Å². The summed E-state index contributed by atoms with van der Waals surface area (Å²) in [6.45, 7) is 1.78. The zero-order valence-electron chi connectivity index (χ0n) is 10.2. The molecule has 0 bridgehead atoms. The lowest BCUT2D eigenvalue weighted by molar-refractivity contribution is 0.546. The Balaban J connectivity index is 2.64. The van der Waals surface area contributed by atoms with E-state index in [1.165, 1.54) is 0 Å². The molecule has 1 rings (SSSR count). The lowest BCUT2D eigenvalue weighted by Gasteiger charge is -2.19. The van der Waals surface area contributed by atoms with Crippen LogP contribution in [0.25, 0.3) is 0 Å². The molecule has 0 aromatic heterocycles. The average molecular weight is 296 g/mol. The summed E-state index contributed by atoms with van der Waals surface area (Å²) in [4.78, 5) is 0.0550. The Morgan fingerprint density at radius 1 is 1.59 bits per heavy atom. The monoisotopic (exact) mass is 296 g/mol. The number of thiocarbonyl (C=S) groups is 1. The zero-order valence-corrected chi connectivity index (χ0v) is 12.6. The molecule has 1 aliphatic rings. The molecular formula is C10H20N2O2S3. The maximum atomic E-state index is 12.1. The normalized spacial score (nSPS) is 26.9. The summed E-state index contributed by atoms with van der Waals surface area (Å²) in [5.74, 6) is 0. The van der Waals surface area contributed by atoms with Crippen LogP contribution < -0.4 is 10.5 Å². The largest absolute Gasteiger partial charge is 0.392 e. The van der Waals surface area contributed by atoms with Crippen molar-refractivity contribution < 1.29 is 8.42 Å². The topological polar surface area (TPSA) is 72.2 Å². The van der Waals surface area contributed by atoms with Crippen molar-refractivity contribution in [2.24, 2.45) is 5.73 Å². The Morgan fingerprint density at radius 3 is 2.65 bits per heavy atom. The molecule has 7 heteroatoms. The SMILES string of the molecule is CCC(C(N)=S)S(=O)(=O)NC1CCC(SC)C1. The van der Waals surface area contributed by atoms with Gasteiger partial charge in [-0.05, 0) is 31.9 Å². The van der Waals surface area contributed by atoms with Crippen LogP contribution in [0.15, 0.2) is 0 Å². The molecule has 3 N–H and O–H groups in total. The zero-order chi connectivity index (χ0) is 13.1. The second kappa shape index (κ2) is 6.36. The molecular weight excluding hydrogens is 276 g/mol. The molecule has 4 nitrogen and oxygen atoms in total. The molecule has 3 atom stereocenters. The van der Waals surface area contributed by atoms with Crippen LogP contribution in [0.2, 0.25) is 0 Å². The van der Waals surface area contributed by atoms with Gasteiger partial charge >= 0.3 is 0 Å². The number of rotatable bonds is 6. The highest BCUT2D eigenvalue weighted by Crippen LogP contribution is 2.28. The lowest BCUT2D eigenvalue weighted by atomic mass is 10.3. The minimum atomic E-state index is -3.41. The van der Waals surface area contributed by atoms with Crippen molar-refractivity contribution in [1.29, 1.82) is 0 Å². The van der Waals surface area contributed by atoms with E-state index in [0.29, 0.717) is 11.7 Å². The number of nitrogens with one attached hydrogen (secondary N) is 1. The van der Waals surface area contributed by atoms with Gasteiger partial charge in [0, 0.05) is 11.3 Å². The van der Waals surface area contributed by atoms with Gasteiger partial charge in [0.2, 0.25) is 10.0 Å². The fraction of sp³-hybridized carbons (Fsp3) is 0.900. The Bertz CT molecular complexity index is 370. The smallest absolute Gasteiger partial charge is 0.221 e. The highest BCUT2D eigenvalue weighted by atomic mass is 32.2. The van der Waals surface area contributed by atoms with E-state index < -0.39 is 15.3 Å². The molecule has 1 fully saturated rings. The predicted molar refractivity (Wildman–Crippen MR) is 77.9 cm³/mol. The van der Waals surface area contributed by atoms with E-state index in [4.69, 9.17) is 18.0 Å². The summed E-state index contributed by atoms with van der Waals surface area (Å²) < 4.78 is 26.9. The van der Waals surface area contributed by atoms with Gasteiger partial charge in [0.1, 0.15) is 5.25 Å². The molecule has 0 spiro atoms. The molecule has 0 heterocycles. The first-order valence-electron chi connectivity index (χ1n) is 5.74. The van der Waals surface area contributed by atoms with Gasteiger partial charge < -0.3 is 5.73 Å². The van der Waals surface area contributed by atoms with Crippen molar-refractivity contribution in [1.82, 2.24) is 4.72 Å². The third-order valence-electron chi connectivity index (χ3n) is 3.11. The molecule has 0 aromatic carbocycles. The van der Waals surface area contributed by atoms with Gasteiger partial charge in [0.25, 0.3) is 0 Å². The van der Waals surface area contributed by atoms with Crippen molar-refractivity contribution in [2.75, 3.05) is 6.26 Å². The quantitative estimate of drug-likeness (QED) is 0.722. The minimum Gasteiger partial charge on any atom is -0.392 e. The van der Waals surface area contributed by atoms with E-state index in [2.05, 4.69) is 11.0 Å². The maximum absolute atomic E-state index is 12.1. The Labute approximate surface area is 113 Å². The molecule has 17 heavy (non-hydrogen) atoms. The van der Waals surface area contributed by atoms with Gasteiger partial charge in [-0.15, -0.1) is 0 Å². The minimum absolute atomic E-state index is 0.0425. The molecule has 1 aliphatic carbocycles. The first kappa shape index (κ1) is 15.2. The molecule has 0 aromatic rings. The van der Waals surface area contributed by atoms with Crippen molar-refractivity contribution in [3.8, 4) is 0 Å². The van der Waals surface area contributed by atoms with Crippen molar-refractivity contribution in [3.05, 3.63) is 0 Å². The summed E-state index contributed by atoms with van der Waals surface area (Å²) in [7, 11) is -3.41. The fourth-order valence-electron chi connectivity index (χ4n) is 2.15. The van der Waals surface area contributed by atoms with Crippen molar-refractivity contribution in [2.45, 2.75) is 49.1 Å². The number of nitrogens with two attached hydrogens (primary N) is 1. The standard InChI is InChI=1S/C10H20N2O2S3/c1-3-9(10(11)15)17(13,14)12-7-4-5-8(6-7)16-2/h7-9,12H,3-6H2,1-2H3,(H2,11,15). The third-order valence-corrected chi connectivity index (χ3v) is 6.64. The first-order chi connectivity index (χ1) is 7.90. The van der Waals surface area contributed by atoms with Gasteiger partial charge in [0.05, 0.1) is 4.99 Å². The summed E-state index contributed by atoms with van der Waals surface area (Å²) in [5, 5.41) is -0.182. The van der Waals surface area contributed by atoms with Gasteiger partial charge in [-0.25, -0.2) is 13.1 Å². The highest BCUT2D eigenvalue weighted by Gasteiger charge is 2.32. The van der Waals surface area contributed by atoms with Gasteiger partial charge in [-0.1, -0.05) is 19.1 Å². The van der Waals surface area contributed by atoms with Crippen molar-refractivity contribution >= 4 is 39.0 Å². The van der Waals surface area contributed by atoms with Crippen molar-refractivity contribution in [3.63, 3.8) is 0 Å². The van der Waals surface area contributed by atoms with E-state index in [1.807, 2.05) is 0 Å². The lowest BCUT2D eigenvalue weighted by Crippen LogP contribution is -2.45. The van der Waals surface area contributed by atoms with E-state index in [-0.39, 0.29) is 11.0 Å². The molecule has 0 radical (unpaired) electrons. The molecule has 1 saturated carbocycles. The third kappa shape index (κ3) is 4.08. The van der Waals surface area contributed by atoms with E-state index in [1.54, 1.807) is 18.7 Å². The van der Waals surface area contributed by atoms with Crippen LogP contribution in [-0.4, -0.2) is 36.2 Å². The maximum Gasteiger partial charge on any atom is 0.221 e. The Morgan fingerprint density at radius 2 is 2.24 bits per heavy atom. The average Bonchev–Trinajstić information content (AvgIpc) is 2.64. The fourth-order valence-corrected chi connectivity index (χ4v) is 5.08. The van der Waals surface area contributed by atoms with Crippen LogP contribution in [0.4, 0.5) is 0 Å². The molecule has 0 aliphatic heterocycles. The summed E-state index contributed by atoms with van der Waals surface area (Å²) in [6.07, 6.45) is 5.35. The first-order valence-corrected chi connectivity index (χ1v) is 8.98. The number of thioether (sulfide) groups is 1. The van der Waals surface area contributed by atoms with Crippen LogP contribution in [0, 0.1) is 0 Å². The van der Waals surface area contributed by atoms with Crippen LogP contribution in [0.3, 0.4) is 0 Å². The van der Waals surface area contributed by atoms with E-state index >= 15 is 0 Å². The summed E-state index contributed by atoms with van der Waals surface area (Å²) in [6, 6.07) is 0.0425. The number of hydrogen-bond acceptors (Lipinski definition) is 4. The molecule has 100 valence electrons. The van der Waals surface area contributed by atoms with Crippen LogP contribution in [0.5, 0.6) is 0 Å². The van der Waals surface area contributed by atoms with Gasteiger partial charge in [-0.3, -0.25) is 0 Å². The van der Waals surface area contributed by atoms with Gasteiger partial charge in [0.15, 0.2) is 0 Å². The summed E-state index contributed by atoms with van der Waals surface area (Å²) in [5.41, 5.74) is 5.47. The Hall–Kier alpha value is 0.150. The van der Waals surface area contributed by atoms with Crippen LogP contribution in [-0.2, 0) is 10.0 Å². The predicted octanol–water partition coefficient (Wildman–Crippen LogP) is 1.25. The Kier molecular flexibility index (Phi) is 5.69. The molecule has 0 saturated heterocycles. The van der Waals surface area contributed by atoms with E-state index in [0.717, 1.165) is 19.3 Å². The van der Waals surface area contributed by atoms with Crippen LogP contribution in [0.1, 0.15) is 32.6 Å². The van der Waals surface area contributed by atoms with Crippen LogP contribution >= 0.6 is 24.0 Å². The number of hydrogen-bond donors (Lipinski definition) is 2. The summed E-state index contributed by atoms with van der Waals surface area (Å²) >= 11 is 6.60. The molecule has 0 amide bonds. The second-order valence-electron chi connectivity index (χ2n) is 4.33. The van der Waals surface area contributed by atoms with E-state index in [9.17, 15) is 8.42 Å². The second-order valence-corrected chi connectivity index (χ2v) is 7.83. The molecule has 3 unspecified atom stereocenters.